The summed E-state index contributed by atoms with van der Waals surface area (Å²) in [6.45, 7) is 7.13. The van der Waals surface area contributed by atoms with E-state index in [0.717, 1.165) is 21.9 Å². The minimum absolute atomic E-state index is 0.192. The molecule has 0 spiro atoms. The van der Waals surface area contributed by atoms with Crippen molar-refractivity contribution in [3.63, 3.8) is 0 Å². The highest BCUT2D eigenvalue weighted by Crippen LogP contribution is 2.42. The zero-order valence-corrected chi connectivity index (χ0v) is 17.7. The van der Waals surface area contributed by atoms with Gasteiger partial charge in [0.15, 0.2) is 6.10 Å². The highest BCUT2D eigenvalue weighted by molar-refractivity contribution is 6.30. The fraction of sp³-hybridized carbons (Fsp3) is 0.292. The fourth-order valence-corrected chi connectivity index (χ4v) is 3.83. The molecule has 3 aromatic carbocycles. The van der Waals surface area contributed by atoms with Crippen LogP contribution in [0, 0.1) is 6.92 Å². The SMILES string of the molecule is Cc1c(C(OC(C)(C)C)C(=O)O)c(-c2ccc(Cl)cc2)c2ccccc2c1CO. The van der Waals surface area contributed by atoms with Gasteiger partial charge in [0.1, 0.15) is 0 Å². The lowest BCUT2D eigenvalue weighted by Gasteiger charge is -2.29. The van der Waals surface area contributed by atoms with Crippen LogP contribution in [-0.2, 0) is 16.1 Å². The van der Waals surface area contributed by atoms with Crippen LogP contribution in [0.15, 0.2) is 48.5 Å². The van der Waals surface area contributed by atoms with Crippen molar-refractivity contribution in [2.75, 3.05) is 0 Å². The van der Waals surface area contributed by atoms with Crippen LogP contribution in [-0.4, -0.2) is 21.8 Å². The molecule has 0 fully saturated rings. The quantitative estimate of drug-likeness (QED) is 0.547. The van der Waals surface area contributed by atoms with Gasteiger partial charge in [-0.2, -0.15) is 0 Å². The molecule has 29 heavy (non-hydrogen) atoms. The molecule has 0 aliphatic rings. The molecule has 4 nitrogen and oxygen atoms in total. The molecule has 0 aliphatic heterocycles. The molecule has 152 valence electrons. The first kappa shape index (κ1) is 21.3. The maximum Gasteiger partial charge on any atom is 0.337 e. The number of ether oxygens (including phenoxy) is 1. The van der Waals surface area contributed by atoms with Crippen molar-refractivity contribution in [2.45, 2.75) is 46.0 Å². The van der Waals surface area contributed by atoms with Crippen molar-refractivity contribution in [2.24, 2.45) is 0 Å². The molecular formula is C24H25ClO4. The van der Waals surface area contributed by atoms with Crippen molar-refractivity contribution in [1.29, 1.82) is 0 Å². The predicted molar refractivity (Wildman–Crippen MR) is 116 cm³/mol. The minimum atomic E-state index is -1.18. The highest BCUT2D eigenvalue weighted by Gasteiger charge is 2.32. The van der Waals surface area contributed by atoms with Gasteiger partial charge in [0.05, 0.1) is 12.2 Å². The van der Waals surface area contributed by atoms with Crippen molar-refractivity contribution in [3.8, 4) is 11.1 Å². The lowest BCUT2D eigenvalue weighted by Crippen LogP contribution is -2.28. The second kappa shape index (κ2) is 8.15. The molecule has 1 atom stereocenters. The van der Waals surface area contributed by atoms with Gasteiger partial charge in [-0.25, -0.2) is 4.79 Å². The number of rotatable bonds is 5. The van der Waals surface area contributed by atoms with Crippen LogP contribution >= 0.6 is 11.6 Å². The van der Waals surface area contributed by atoms with Gasteiger partial charge in [0.2, 0.25) is 0 Å². The van der Waals surface area contributed by atoms with E-state index in [-0.39, 0.29) is 6.61 Å². The monoisotopic (exact) mass is 412 g/mol. The lowest BCUT2D eigenvalue weighted by atomic mass is 9.84. The first-order valence-electron chi connectivity index (χ1n) is 9.45. The Bertz CT molecular complexity index is 1050. The third kappa shape index (κ3) is 4.30. The second-order valence-corrected chi connectivity index (χ2v) is 8.49. The summed E-state index contributed by atoms with van der Waals surface area (Å²) in [5.41, 5.74) is 2.93. The number of carboxylic acids is 1. The van der Waals surface area contributed by atoms with Crippen LogP contribution in [0.2, 0.25) is 5.02 Å². The Kier molecular flexibility index (Phi) is 5.99. The highest BCUT2D eigenvalue weighted by atomic mass is 35.5. The van der Waals surface area contributed by atoms with Crippen molar-refractivity contribution < 1.29 is 19.7 Å². The Morgan fingerprint density at radius 1 is 1.07 bits per heavy atom. The number of hydrogen-bond acceptors (Lipinski definition) is 3. The predicted octanol–water partition coefficient (Wildman–Crippen LogP) is 5.90. The second-order valence-electron chi connectivity index (χ2n) is 8.05. The van der Waals surface area contributed by atoms with Gasteiger partial charge in [-0.15, -0.1) is 0 Å². The lowest BCUT2D eigenvalue weighted by molar-refractivity contribution is -0.160. The van der Waals surface area contributed by atoms with Crippen LogP contribution in [0.5, 0.6) is 0 Å². The number of carbonyl (C=O) groups is 1. The van der Waals surface area contributed by atoms with Crippen molar-refractivity contribution >= 4 is 28.3 Å². The normalized spacial score (nSPS) is 12.9. The Morgan fingerprint density at radius 2 is 1.66 bits per heavy atom. The Balaban J connectivity index is 2.46. The van der Waals surface area contributed by atoms with Gasteiger partial charge >= 0.3 is 5.97 Å². The summed E-state index contributed by atoms with van der Waals surface area (Å²) in [7, 11) is 0. The van der Waals surface area contributed by atoms with Crippen LogP contribution in [0.25, 0.3) is 21.9 Å². The van der Waals surface area contributed by atoms with E-state index in [9.17, 15) is 15.0 Å². The Hall–Kier alpha value is -2.40. The van der Waals surface area contributed by atoms with E-state index in [1.54, 1.807) is 12.1 Å². The summed E-state index contributed by atoms with van der Waals surface area (Å²) in [5, 5.41) is 22.5. The van der Waals surface area contributed by atoms with Crippen LogP contribution in [0.3, 0.4) is 0 Å². The standard InChI is InChI=1S/C24H25ClO4/c1-14-19(13-26)17-7-5-6-8-18(17)21(15-9-11-16(25)12-10-15)20(14)22(23(27)28)29-24(2,3)4/h5-12,22,26H,13H2,1-4H3,(H,27,28). The number of aliphatic hydroxyl groups excluding tert-OH is 1. The minimum Gasteiger partial charge on any atom is -0.479 e. The molecule has 0 saturated heterocycles. The van der Waals surface area contributed by atoms with E-state index in [4.69, 9.17) is 16.3 Å². The van der Waals surface area contributed by atoms with E-state index in [1.165, 1.54) is 0 Å². The molecule has 3 aromatic rings. The molecule has 3 rings (SSSR count). The van der Waals surface area contributed by atoms with E-state index in [2.05, 4.69) is 0 Å². The number of carboxylic acid groups (broad SMARTS) is 1. The Morgan fingerprint density at radius 3 is 2.17 bits per heavy atom. The van der Waals surface area contributed by atoms with Crippen LogP contribution in [0.4, 0.5) is 0 Å². The van der Waals surface area contributed by atoms with Gasteiger partial charge in [-0.3, -0.25) is 0 Å². The average Bonchev–Trinajstić information content (AvgIpc) is 2.65. The van der Waals surface area contributed by atoms with E-state index in [0.29, 0.717) is 21.7 Å². The van der Waals surface area contributed by atoms with Crippen LogP contribution < -0.4 is 0 Å². The number of aliphatic carboxylic acids is 1. The molecule has 1 unspecified atom stereocenters. The molecule has 5 heteroatoms. The largest absolute Gasteiger partial charge is 0.479 e. The van der Waals surface area contributed by atoms with Crippen molar-refractivity contribution in [1.82, 2.24) is 0 Å². The summed E-state index contributed by atoms with van der Waals surface area (Å²) in [5.74, 6) is -1.07. The summed E-state index contributed by atoms with van der Waals surface area (Å²) in [6.07, 6.45) is -1.18. The van der Waals surface area contributed by atoms with Crippen LogP contribution in [0.1, 0.15) is 43.6 Å². The topological polar surface area (TPSA) is 66.8 Å². The smallest absolute Gasteiger partial charge is 0.337 e. The molecule has 0 amide bonds. The zero-order valence-electron chi connectivity index (χ0n) is 17.0. The molecule has 0 heterocycles. The molecular weight excluding hydrogens is 388 g/mol. The maximum absolute atomic E-state index is 12.3. The maximum atomic E-state index is 12.3. The molecule has 0 aliphatic carbocycles. The molecule has 2 N–H and O–H groups in total. The van der Waals surface area contributed by atoms with E-state index < -0.39 is 17.7 Å². The fourth-order valence-electron chi connectivity index (χ4n) is 3.71. The first-order valence-corrected chi connectivity index (χ1v) is 9.83. The number of aliphatic hydroxyl groups is 1. The molecule has 0 aromatic heterocycles. The average molecular weight is 413 g/mol. The summed E-state index contributed by atoms with van der Waals surface area (Å²) in [6, 6.07) is 15.0. The third-order valence-electron chi connectivity index (χ3n) is 4.90. The first-order chi connectivity index (χ1) is 13.6. The zero-order chi connectivity index (χ0) is 21.3. The molecule has 0 radical (unpaired) electrons. The number of fused-ring (bicyclic) bond motifs is 1. The molecule has 0 saturated carbocycles. The number of halogens is 1. The summed E-state index contributed by atoms with van der Waals surface area (Å²) < 4.78 is 5.99. The van der Waals surface area contributed by atoms with Gasteiger partial charge in [0, 0.05) is 10.6 Å². The summed E-state index contributed by atoms with van der Waals surface area (Å²) >= 11 is 6.08. The number of benzene rings is 3. The van der Waals surface area contributed by atoms with Gasteiger partial charge in [-0.1, -0.05) is 48.0 Å². The Labute approximate surface area is 175 Å². The third-order valence-corrected chi connectivity index (χ3v) is 5.15. The summed E-state index contributed by atoms with van der Waals surface area (Å²) in [4.78, 5) is 12.3. The van der Waals surface area contributed by atoms with E-state index in [1.807, 2.05) is 64.1 Å². The van der Waals surface area contributed by atoms with E-state index >= 15 is 0 Å². The van der Waals surface area contributed by atoms with Crippen molar-refractivity contribution in [3.05, 3.63) is 70.2 Å². The number of hydrogen-bond donors (Lipinski definition) is 2. The molecule has 0 bridgehead atoms. The van der Waals surface area contributed by atoms with Gasteiger partial charge in [0.25, 0.3) is 0 Å². The van der Waals surface area contributed by atoms with Gasteiger partial charge < -0.3 is 14.9 Å². The van der Waals surface area contributed by atoms with Gasteiger partial charge in [-0.05, 0) is 72.9 Å².